The third kappa shape index (κ3) is 3.17. The highest BCUT2D eigenvalue weighted by molar-refractivity contribution is 5.79. The summed E-state index contributed by atoms with van der Waals surface area (Å²) in [5, 5.41) is 0. The van der Waals surface area contributed by atoms with E-state index in [2.05, 4.69) is 18.7 Å². The molecule has 1 saturated heterocycles. The number of carbonyl (C=O) groups excluding carboxylic acids is 1. The van der Waals surface area contributed by atoms with E-state index in [4.69, 9.17) is 5.73 Å². The van der Waals surface area contributed by atoms with Crippen molar-refractivity contribution >= 4 is 5.91 Å². The average Bonchev–Trinajstić information content (AvgIpc) is 2.94. The minimum atomic E-state index is 0.185. The molecular weight excluding hydrogens is 250 g/mol. The maximum absolute atomic E-state index is 12.7. The molecule has 1 heterocycles. The molecule has 1 amide bonds. The zero-order valence-electron chi connectivity index (χ0n) is 13.3. The molecule has 0 bridgehead atoms. The van der Waals surface area contributed by atoms with Gasteiger partial charge in [0.25, 0.3) is 0 Å². The van der Waals surface area contributed by atoms with Gasteiger partial charge in [0.1, 0.15) is 0 Å². The first-order valence-electron chi connectivity index (χ1n) is 8.29. The molecule has 2 fully saturated rings. The maximum atomic E-state index is 12.7. The molecule has 1 saturated carbocycles. The molecule has 0 radical (unpaired) electrons. The van der Waals surface area contributed by atoms with Gasteiger partial charge in [-0.25, -0.2) is 0 Å². The number of likely N-dealkylation sites (tertiary alicyclic amines) is 1. The minimum Gasteiger partial charge on any atom is -0.342 e. The Labute approximate surface area is 123 Å². The highest BCUT2D eigenvalue weighted by Crippen LogP contribution is 2.33. The number of nitrogens with zero attached hydrogens (tertiary/aromatic N) is 2. The van der Waals surface area contributed by atoms with E-state index in [-0.39, 0.29) is 5.92 Å². The number of amides is 1. The van der Waals surface area contributed by atoms with Crippen molar-refractivity contribution in [3.05, 3.63) is 0 Å². The molecule has 0 aromatic rings. The van der Waals surface area contributed by atoms with Crippen LogP contribution < -0.4 is 5.73 Å². The van der Waals surface area contributed by atoms with E-state index in [1.165, 1.54) is 0 Å². The van der Waals surface area contributed by atoms with E-state index in [1.807, 2.05) is 11.9 Å². The smallest absolute Gasteiger partial charge is 0.226 e. The molecule has 4 nitrogen and oxygen atoms in total. The lowest BCUT2D eigenvalue weighted by atomic mass is 9.92. The molecule has 2 rings (SSSR count). The summed E-state index contributed by atoms with van der Waals surface area (Å²) in [6.07, 6.45) is 5.55. The summed E-state index contributed by atoms with van der Waals surface area (Å²) in [7, 11) is 2.01. The second kappa shape index (κ2) is 6.90. The normalized spacial score (nSPS) is 35.2. The molecule has 2 N–H and O–H groups in total. The van der Waals surface area contributed by atoms with Gasteiger partial charge in [0.2, 0.25) is 5.91 Å². The van der Waals surface area contributed by atoms with Crippen LogP contribution in [0.1, 0.15) is 46.0 Å². The van der Waals surface area contributed by atoms with E-state index in [9.17, 15) is 4.79 Å². The third-order valence-corrected chi connectivity index (χ3v) is 5.57. The Morgan fingerprint density at radius 1 is 1.35 bits per heavy atom. The quantitative estimate of drug-likeness (QED) is 0.853. The van der Waals surface area contributed by atoms with E-state index in [0.717, 1.165) is 45.2 Å². The summed E-state index contributed by atoms with van der Waals surface area (Å²) in [4.78, 5) is 17.3. The van der Waals surface area contributed by atoms with E-state index >= 15 is 0 Å². The number of nitrogens with two attached hydrogens (primary N) is 1. The van der Waals surface area contributed by atoms with Crippen LogP contribution in [0.3, 0.4) is 0 Å². The fourth-order valence-corrected chi connectivity index (χ4v) is 4.10. The van der Waals surface area contributed by atoms with Crippen LogP contribution in [-0.4, -0.2) is 54.5 Å². The van der Waals surface area contributed by atoms with Crippen molar-refractivity contribution in [1.82, 2.24) is 9.80 Å². The number of piperidine rings is 1. The molecule has 0 aromatic carbocycles. The van der Waals surface area contributed by atoms with Gasteiger partial charge in [0.05, 0.1) is 0 Å². The van der Waals surface area contributed by atoms with Crippen molar-refractivity contribution in [3.63, 3.8) is 0 Å². The van der Waals surface area contributed by atoms with Crippen LogP contribution in [0.15, 0.2) is 0 Å². The predicted octanol–water partition coefficient (Wildman–Crippen LogP) is 1.69. The fourth-order valence-electron chi connectivity index (χ4n) is 4.10. The van der Waals surface area contributed by atoms with Gasteiger partial charge in [0, 0.05) is 31.6 Å². The lowest BCUT2D eigenvalue weighted by Gasteiger charge is -2.41. The zero-order valence-corrected chi connectivity index (χ0v) is 13.3. The van der Waals surface area contributed by atoms with Crippen molar-refractivity contribution in [3.8, 4) is 0 Å². The van der Waals surface area contributed by atoms with Gasteiger partial charge >= 0.3 is 0 Å². The molecule has 1 aliphatic carbocycles. The van der Waals surface area contributed by atoms with E-state index in [1.54, 1.807) is 0 Å². The average molecular weight is 281 g/mol. The van der Waals surface area contributed by atoms with Crippen LogP contribution in [-0.2, 0) is 4.79 Å². The Morgan fingerprint density at radius 2 is 2.10 bits per heavy atom. The summed E-state index contributed by atoms with van der Waals surface area (Å²) >= 11 is 0. The minimum absolute atomic E-state index is 0.185. The summed E-state index contributed by atoms with van der Waals surface area (Å²) in [6, 6.07) is 1.00. The SMILES string of the molecule is CCN1CCC(N(C)C(=O)[C@@H]2CCC[C@@H]2CN)CC1C. The molecule has 2 unspecified atom stereocenters. The lowest BCUT2D eigenvalue weighted by Crippen LogP contribution is -2.51. The first-order chi connectivity index (χ1) is 9.58. The topological polar surface area (TPSA) is 49.6 Å². The number of rotatable bonds is 4. The van der Waals surface area contributed by atoms with Gasteiger partial charge in [-0.15, -0.1) is 0 Å². The molecule has 0 aromatic heterocycles. The molecule has 116 valence electrons. The Hall–Kier alpha value is -0.610. The Kier molecular flexibility index (Phi) is 5.44. The van der Waals surface area contributed by atoms with Crippen LogP contribution in [0, 0.1) is 11.8 Å². The van der Waals surface area contributed by atoms with Gasteiger partial charge in [-0.2, -0.15) is 0 Å². The van der Waals surface area contributed by atoms with E-state index < -0.39 is 0 Å². The van der Waals surface area contributed by atoms with Gasteiger partial charge in [0.15, 0.2) is 0 Å². The lowest BCUT2D eigenvalue weighted by molar-refractivity contribution is -0.138. The molecule has 1 aliphatic heterocycles. The zero-order chi connectivity index (χ0) is 14.7. The molecule has 20 heavy (non-hydrogen) atoms. The first kappa shape index (κ1) is 15.8. The summed E-state index contributed by atoms with van der Waals surface area (Å²) in [5.41, 5.74) is 5.82. The molecule has 4 atom stereocenters. The largest absolute Gasteiger partial charge is 0.342 e. The van der Waals surface area contributed by atoms with Gasteiger partial charge in [-0.3, -0.25) is 4.79 Å². The van der Waals surface area contributed by atoms with Crippen molar-refractivity contribution in [1.29, 1.82) is 0 Å². The Morgan fingerprint density at radius 3 is 2.70 bits per heavy atom. The second-order valence-corrected chi connectivity index (χ2v) is 6.64. The van der Waals surface area contributed by atoms with Crippen LogP contribution in [0.4, 0.5) is 0 Å². The second-order valence-electron chi connectivity index (χ2n) is 6.64. The Bertz CT molecular complexity index is 334. The van der Waals surface area contributed by atoms with Gasteiger partial charge in [-0.1, -0.05) is 13.3 Å². The van der Waals surface area contributed by atoms with Crippen molar-refractivity contribution < 1.29 is 4.79 Å². The number of hydrogen-bond donors (Lipinski definition) is 1. The fraction of sp³-hybridized carbons (Fsp3) is 0.938. The Balaban J connectivity index is 1.94. The number of hydrogen-bond acceptors (Lipinski definition) is 3. The molecule has 2 aliphatic rings. The van der Waals surface area contributed by atoms with Gasteiger partial charge in [-0.05, 0) is 51.6 Å². The van der Waals surface area contributed by atoms with Crippen LogP contribution >= 0.6 is 0 Å². The summed E-state index contributed by atoms with van der Waals surface area (Å²) in [5.74, 6) is 0.947. The third-order valence-electron chi connectivity index (χ3n) is 5.57. The highest BCUT2D eigenvalue weighted by atomic mass is 16.2. The summed E-state index contributed by atoms with van der Waals surface area (Å²) in [6.45, 7) is 7.39. The number of carbonyl (C=O) groups is 1. The molecular formula is C16H31N3O. The van der Waals surface area contributed by atoms with E-state index in [0.29, 0.717) is 30.5 Å². The summed E-state index contributed by atoms with van der Waals surface area (Å²) < 4.78 is 0. The van der Waals surface area contributed by atoms with Crippen LogP contribution in [0.2, 0.25) is 0 Å². The highest BCUT2D eigenvalue weighted by Gasteiger charge is 2.37. The maximum Gasteiger partial charge on any atom is 0.226 e. The molecule has 4 heteroatoms. The predicted molar refractivity (Wildman–Crippen MR) is 82.4 cm³/mol. The van der Waals surface area contributed by atoms with Crippen molar-refractivity contribution in [2.24, 2.45) is 17.6 Å². The standard InChI is InChI=1S/C16H31N3O/c1-4-19-9-8-14(10-12(19)2)18(3)16(20)15-7-5-6-13(15)11-17/h12-15H,4-11,17H2,1-3H3/t12?,13-,14?,15-/m1/s1. The monoisotopic (exact) mass is 281 g/mol. The van der Waals surface area contributed by atoms with Crippen LogP contribution in [0.5, 0.6) is 0 Å². The van der Waals surface area contributed by atoms with Crippen LogP contribution in [0.25, 0.3) is 0 Å². The van der Waals surface area contributed by atoms with Crippen molar-refractivity contribution in [2.75, 3.05) is 26.7 Å². The first-order valence-corrected chi connectivity index (χ1v) is 8.29. The molecule has 0 spiro atoms. The van der Waals surface area contributed by atoms with Gasteiger partial charge < -0.3 is 15.5 Å². The van der Waals surface area contributed by atoms with Crippen molar-refractivity contribution in [2.45, 2.75) is 58.0 Å².